The standard InChI is InChI=1S/C15H19F2NO/c1-18-14(11-5-3-2-4-6-11)12-7-9-13(10-8-12)19-15(16)17/h5,7-10,14-15,18H,2-4,6H2,1H3. The van der Waals surface area contributed by atoms with E-state index in [9.17, 15) is 8.78 Å². The predicted molar refractivity (Wildman–Crippen MR) is 71.4 cm³/mol. The number of hydrogen-bond donors (Lipinski definition) is 1. The first-order valence-corrected chi connectivity index (χ1v) is 6.61. The topological polar surface area (TPSA) is 21.3 Å². The van der Waals surface area contributed by atoms with Crippen molar-refractivity contribution in [3.8, 4) is 5.75 Å². The summed E-state index contributed by atoms with van der Waals surface area (Å²) in [5.74, 6) is 0.200. The molecular formula is C15H19F2NO. The highest BCUT2D eigenvalue weighted by Gasteiger charge is 2.16. The first-order valence-electron chi connectivity index (χ1n) is 6.61. The van der Waals surface area contributed by atoms with E-state index in [1.807, 2.05) is 19.2 Å². The van der Waals surface area contributed by atoms with Gasteiger partial charge in [0.05, 0.1) is 6.04 Å². The van der Waals surface area contributed by atoms with Crippen LogP contribution in [0.3, 0.4) is 0 Å². The van der Waals surface area contributed by atoms with Gasteiger partial charge in [-0.2, -0.15) is 8.78 Å². The second-order valence-electron chi connectivity index (χ2n) is 4.69. The van der Waals surface area contributed by atoms with E-state index in [2.05, 4.69) is 16.1 Å². The molecule has 1 aliphatic rings. The van der Waals surface area contributed by atoms with E-state index < -0.39 is 6.61 Å². The van der Waals surface area contributed by atoms with Gasteiger partial charge in [0.1, 0.15) is 5.75 Å². The quantitative estimate of drug-likeness (QED) is 0.813. The number of benzene rings is 1. The first-order chi connectivity index (χ1) is 9.20. The van der Waals surface area contributed by atoms with Crippen LogP contribution in [-0.2, 0) is 0 Å². The van der Waals surface area contributed by atoms with Crippen LogP contribution in [0.5, 0.6) is 5.75 Å². The largest absolute Gasteiger partial charge is 0.435 e. The van der Waals surface area contributed by atoms with Gasteiger partial charge >= 0.3 is 6.61 Å². The molecule has 2 rings (SSSR count). The molecule has 0 saturated heterocycles. The number of nitrogens with one attached hydrogen (secondary N) is 1. The molecule has 0 aromatic heterocycles. The van der Waals surface area contributed by atoms with Crippen molar-refractivity contribution in [3.63, 3.8) is 0 Å². The Labute approximate surface area is 112 Å². The van der Waals surface area contributed by atoms with Crippen molar-refractivity contribution in [2.45, 2.75) is 38.3 Å². The Morgan fingerprint density at radius 2 is 1.89 bits per heavy atom. The van der Waals surface area contributed by atoms with Crippen LogP contribution in [-0.4, -0.2) is 13.7 Å². The second kappa shape index (κ2) is 6.66. The molecule has 1 unspecified atom stereocenters. The zero-order chi connectivity index (χ0) is 13.7. The van der Waals surface area contributed by atoms with Crippen molar-refractivity contribution < 1.29 is 13.5 Å². The van der Waals surface area contributed by atoms with E-state index in [-0.39, 0.29) is 11.8 Å². The van der Waals surface area contributed by atoms with Crippen molar-refractivity contribution in [3.05, 3.63) is 41.5 Å². The zero-order valence-corrected chi connectivity index (χ0v) is 11.0. The van der Waals surface area contributed by atoms with E-state index in [4.69, 9.17) is 0 Å². The molecular weight excluding hydrogens is 248 g/mol. The lowest BCUT2D eigenvalue weighted by molar-refractivity contribution is -0.0498. The van der Waals surface area contributed by atoms with E-state index in [0.717, 1.165) is 18.4 Å². The van der Waals surface area contributed by atoms with Gasteiger partial charge in [-0.25, -0.2) is 0 Å². The van der Waals surface area contributed by atoms with Crippen LogP contribution in [0.25, 0.3) is 0 Å². The minimum Gasteiger partial charge on any atom is -0.435 e. The average Bonchev–Trinajstić information content (AvgIpc) is 2.42. The molecule has 19 heavy (non-hydrogen) atoms. The Morgan fingerprint density at radius 3 is 2.42 bits per heavy atom. The molecule has 4 heteroatoms. The Hall–Kier alpha value is -1.42. The Bertz CT molecular complexity index is 428. The maximum Gasteiger partial charge on any atom is 0.387 e. The molecule has 1 N–H and O–H groups in total. The van der Waals surface area contributed by atoms with Crippen LogP contribution in [0.15, 0.2) is 35.9 Å². The number of ether oxygens (including phenoxy) is 1. The molecule has 2 nitrogen and oxygen atoms in total. The number of allylic oxidation sites excluding steroid dienone is 1. The molecule has 0 fully saturated rings. The van der Waals surface area contributed by atoms with E-state index >= 15 is 0 Å². The van der Waals surface area contributed by atoms with Gasteiger partial charge in [0, 0.05) is 0 Å². The molecule has 1 aromatic carbocycles. The van der Waals surface area contributed by atoms with Crippen LogP contribution in [0.2, 0.25) is 0 Å². The number of likely N-dealkylation sites (N-methyl/N-ethyl adjacent to an activating group) is 1. The van der Waals surface area contributed by atoms with E-state index in [1.165, 1.54) is 18.4 Å². The highest BCUT2D eigenvalue weighted by molar-refractivity contribution is 5.34. The minimum atomic E-state index is -2.77. The Morgan fingerprint density at radius 1 is 1.16 bits per heavy atom. The van der Waals surface area contributed by atoms with Crippen molar-refractivity contribution in [2.24, 2.45) is 0 Å². The van der Waals surface area contributed by atoms with Crippen molar-refractivity contribution in [1.29, 1.82) is 0 Å². The molecule has 0 radical (unpaired) electrons. The summed E-state index contributed by atoms with van der Waals surface area (Å²) in [7, 11) is 1.92. The molecule has 0 spiro atoms. The molecule has 104 valence electrons. The number of halogens is 2. The summed E-state index contributed by atoms with van der Waals surface area (Å²) in [6, 6.07) is 7.04. The van der Waals surface area contributed by atoms with Crippen molar-refractivity contribution >= 4 is 0 Å². The molecule has 0 heterocycles. The third-order valence-corrected chi connectivity index (χ3v) is 3.42. The third-order valence-electron chi connectivity index (χ3n) is 3.42. The highest BCUT2D eigenvalue weighted by Crippen LogP contribution is 2.30. The number of hydrogen-bond acceptors (Lipinski definition) is 2. The van der Waals surface area contributed by atoms with E-state index in [0.29, 0.717) is 0 Å². The summed E-state index contributed by atoms with van der Waals surface area (Å²) >= 11 is 0. The fourth-order valence-corrected chi connectivity index (χ4v) is 2.53. The minimum absolute atomic E-state index is 0.167. The molecule has 0 bridgehead atoms. The lowest BCUT2D eigenvalue weighted by Crippen LogP contribution is -2.19. The monoisotopic (exact) mass is 267 g/mol. The number of rotatable bonds is 5. The molecule has 0 amide bonds. The number of alkyl halides is 2. The summed E-state index contributed by atoms with van der Waals surface area (Å²) in [5, 5.41) is 3.29. The van der Waals surface area contributed by atoms with Gasteiger partial charge in [-0.1, -0.05) is 23.8 Å². The summed E-state index contributed by atoms with van der Waals surface area (Å²) in [5.41, 5.74) is 2.47. The maximum absolute atomic E-state index is 12.1. The fraction of sp³-hybridized carbons (Fsp3) is 0.467. The predicted octanol–water partition coefficient (Wildman–Crippen LogP) is 4.05. The van der Waals surface area contributed by atoms with Gasteiger partial charge < -0.3 is 10.1 Å². The molecule has 0 aliphatic heterocycles. The Balaban J connectivity index is 2.12. The first kappa shape index (κ1) is 14.0. The van der Waals surface area contributed by atoms with Gasteiger partial charge in [0.25, 0.3) is 0 Å². The van der Waals surface area contributed by atoms with Gasteiger partial charge in [0.15, 0.2) is 0 Å². The fourth-order valence-electron chi connectivity index (χ4n) is 2.53. The smallest absolute Gasteiger partial charge is 0.387 e. The molecule has 1 aromatic rings. The molecule has 1 aliphatic carbocycles. The maximum atomic E-state index is 12.1. The second-order valence-corrected chi connectivity index (χ2v) is 4.69. The van der Waals surface area contributed by atoms with Gasteiger partial charge in [0.2, 0.25) is 0 Å². The van der Waals surface area contributed by atoms with Crippen LogP contribution in [0.4, 0.5) is 8.78 Å². The third kappa shape index (κ3) is 3.77. The summed E-state index contributed by atoms with van der Waals surface area (Å²) < 4.78 is 28.5. The lowest BCUT2D eigenvalue weighted by Gasteiger charge is -2.23. The van der Waals surface area contributed by atoms with Gasteiger partial charge in [-0.3, -0.25) is 0 Å². The van der Waals surface area contributed by atoms with Crippen LogP contribution in [0.1, 0.15) is 37.3 Å². The van der Waals surface area contributed by atoms with Crippen LogP contribution in [0, 0.1) is 0 Å². The summed E-state index contributed by atoms with van der Waals surface area (Å²) in [4.78, 5) is 0. The summed E-state index contributed by atoms with van der Waals surface area (Å²) in [6.07, 6.45) is 6.98. The molecule has 1 atom stereocenters. The summed E-state index contributed by atoms with van der Waals surface area (Å²) in [6.45, 7) is -2.77. The zero-order valence-electron chi connectivity index (χ0n) is 11.0. The highest BCUT2D eigenvalue weighted by atomic mass is 19.3. The van der Waals surface area contributed by atoms with Crippen molar-refractivity contribution in [1.82, 2.24) is 5.32 Å². The lowest BCUT2D eigenvalue weighted by atomic mass is 9.90. The van der Waals surface area contributed by atoms with Crippen molar-refractivity contribution in [2.75, 3.05) is 7.05 Å². The van der Waals surface area contributed by atoms with E-state index in [1.54, 1.807) is 12.1 Å². The van der Waals surface area contributed by atoms with Crippen LogP contribution >= 0.6 is 0 Å². The average molecular weight is 267 g/mol. The van der Waals surface area contributed by atoms with Gasteiger partial charge in [-0.05, 0) is 50.4 Å². The molecule has 0 saturated carbocycles. The van der Waals surface area contributed by atoms with Gasteiger partial charge in [-0.15, -0.1) is 0 Å². The normalized spacial score (nSPS) is 17.2. The Kier molecular flexibility index (Phi) is 4.91. The SMILES string of the molecule is CNC(C1=CCCCC1)c1ccc(OC(F)F)cc1. The van der Waals surface area contributed by atoms with Crippen LogP contribution < -0.4 is 10.1 Å².